The highest BCUT2D eigenvalue weighted by atomic mass is 32.2. The van der Waals surface area contributed by atoms with Crippen molar-refractivity contribution in [3.8, 4) is 10.7 Å². The van der Waals surface area contributed by atoms with Gasteiger partial charge in [-0.15, -0.1) is 21.5 Å². The van der Waals surface area contributed by atoms with Crippen LogP contribution in [0.25, 0.3) is 10.7 Å². The Morgan fingerprint density at radius 1 is 1.21 bits per heavy atom. The lowest BCUT2D eigenvalue weighted by molar-refractivity contribution is -0.115. The van der Waals surface area contributed by atoms with Gasteiger partial charge in [0.1, 0.15) is 0 Å². The van der Waals surface area contributed by atoms with Crippen LogP contribution in [0.3, 0.4) is 0 Å². The number of aromatic nitrogens is 3. The number of anilines is 2. The molecule has 2 heterocycles. The maximum atomic E-state index is 12.7. The van der Waals surface area contributed by atoms with E-state index in [-0.39, 0.29) is 17.1 Å². The highest BCUT2D eigenvalue weighted by Gasteiger charge is 2.24. The van der Waals surface area contributed by atoms with Gasteiger partial charge in [-0.3, -0.25) is 9.59 Å². The van der Waals surface area contributed by atoms with E-state index in [9.17, 15) is 9.59 Å². The molecule has 0 spiro atoms. The fourth-order valence-corrected chi connectivity index (χ4v) is 6.03. The molecule has 1 aliphatic rings. The van der Waals surface area contributed by atoms with Crippen LogP contribution in [0.5, 0.6) is 0 Å². The van der Waals surface area contributed by atoms with E-state index in [1.54, 1.807) is 24.3 Å². The van der Waals surface area contributed by atoms with Crippen molar-refractivity contribution in [3.05, 3.63) is 40.8 Å². The summed E-state index contributed by atoms with van der Waals surface area (Å²) >= 11 is 3.21. The largest absolute Gasteiger partial charge is 0.326 e. The summed E-state index contributed by atoms with van der Waals surface area (Å²) in [4.78, 5) is 26.5. The van der Waals surface area contributed by atoms with Crippen molar-refractivity contribution in [2.24, 2.45) is 13.0 Å². The summed E-state index contributed by atoms with van der Waals surface area (Å²) in [5, 5.41) is 14.8. The van der Waals surface area contributed by atoms with Crippen LogP contribution in [0.15, 0.2) is 35.5 Å². The Kier molecular flexibility index (Phi) is 7.19. The zero-order chi connectivity index (χ0) is 23.5. The Morgan fingerprint density at radius 3 is 2.58 bits per heavy atom. The molecule has 2 atom stereocenters. The average molecular weight is 484 g/mol. The fraction of sp³-hybridized carbons (Fsp3) is 0.417. The monoisotopic (exact) mass is 483 g/mol. The molecule has 2 aromatic heterocycles. The van der Waals surface area contributed by atoms with Gasteiger partial charge < -0.3 is 15.2 Å². The Balaban J connectivity index is 1.40. The molecule has 33 heavy (non-hydrogen) atoms. The third kappa shape index (κ3) is 5.47. The first-order valence-electron chi connectivity index (χ1n) is 11.2. The molecule has 0 saturated heterocycles. The van der Waals surface area contributed by atoms with Crippen LogP contribution in [0.4, 0.5) is 11.4 Å². The maximum absolute atomic E-state index is 12.7. The lowest BCUT2D eigenvalue weighted by atomic mass is 9.87. The number of thiophene rings is 1. The van der Waals surface area contributed by atoms with E-state index in [1.165, 1.54) is 42.0 Å². The molecule has 2 amide bonds. The number of carbonyl (C=O) groups excluding carboxylic acids is 2. The molecule has 0 fully saturated rings. The van der Waals surface area contributed by atoms with Crippen LogP contribution in [0.1, 0.15) is 44.1 Å². The normalized spacial score (nSPS) is 16.2. The second kappa shape index (κ2) is 10.1. The van der Waals surface area contributed by atoms with Crippen molar-refractivity contribution in [2.45, 2.75) is 56.9 Å². The summed E-state index contributed by atoms with van der Waals surface area (Å²) in [6.07, 6.45) is 4.81. The second-order valence-electron chi connectivity index (χ2n) is 8.45. The van der Waals surface area contributed by atoms with E-state index in [4.69, 9.17) is 0 Å². The number of nitrogens with one attached hydrogen (secondary N) is 2. The molecular weight excluding hydrogens is 454 g/mol. The summed E-state index contributed by atoms with van der Waals surface area (Å²) in [6, 6.07) is 9.33. The molecule has 9 heteroatoms. The highest BCUT2D eigenvalue weighted by molar-refractivity contribution is 8.00. The van der Waals surface area contributed by atoms with Crippen LogP contribution in [0.2, 0.25) is 0 Å². The quantitative estimate of drug-likeness (QED) is 0.455. The number of carbonyl (C=O) groups is 2. The van der Waals surface area contributed by atoms with E-state index in [2.05, 4.69) is 33.8 Å². The minimum absolute atomic E-state index is 0.117. The minimum atomic E-state index is -0.349. The van der Waals surface area contributed by atoms with Crippen LogP contribution in [-0.4, -0.2) is 31.8 Å². The van der Waals surface area contributed by atoms with Crippen molar-refractivity contribution in [3.63, 3.8) is 0 Å². The summed E-state index contributed by atoms with van der Waals surface area (Å²) in [6.45, 7) is 5.59. The SMILES string of the molecule is CC[C@@H]1CCc2sc(-c3nnc(S[C@@H](C)C(=O)Nc4ccc(NC(C)=O)cc4)n3C)cc2C1. The maximum Gasteiger partial charge on any atom is 0.237 e. The third-order valence-corrected chi connectivity index (χ3v) is 8.31. The molecular formula is C24H29N5O2S2. The number of nitrogens with zero attached hydrogens (tertiary/aromatic N) is 3. The fourth-order valence-electron chi connectivity index (χ4n) is 3.99. The zero-order valence-electron chi connectivity index (χ0n) is 19.3. The Labute approximate surface area is 202 Å². The molecule has 0 radical (unpaired) electrons. The molecule has 174 valence electrons. The van der Waals surface area contributed by atoms with Crippen LogP contribution < -0.4 is 10.6 Å². The van der Waals surface area contributed by atoms with Gasteiger partial charge in [0.05, 0.1) is 10.1 Å². The Bertz CT molecular complexity index is 1150. The number of rotatable bonds is 7. The van der Waals surface area contributed by atoms with Gasteiger partial charge in [-0.25, -0.2) is 0 Å². The first-order chi connectivity index (χ1) is 15.8. The standard InChI is InChI=1S/C24H29N5O2S2/c1-5-16-6-11-20-17(12-16)13-21(33-20)22-27-28-24(29(22)4)32-14(2)23(31)26-19-9-7-18(8-10-19)25-15(3)30/h7-10,13-14,16H,5-6,11-12H2,1-4H3,(H,25,30)(H,26,31)/t14-,16+/m0/s1. The summed E-state index contributed by atoms with van der Waals surface area (Å²) in [5.41, 5.74) is 2.83. The van der Waals surface area contributed by atoms with E-state index in [0.717, 1.165) is 29.5 Å². The number of thioether (sulfide) groups is 1. The summed E-state index contributed by atoms with van der Waals surface area (Å²) in [7, 11) is 1.95. The molecule has 4 rings (SSSR count). The number of amides is 2. The van der Waals surface area contributed by atoms with Gasteiger partial charge in [0, 0.05) is 30.2 Å². The third-order valence-electron chi connectivity index (χ3n) is 5.94. The smallest absolute Gasteiger partial charge is 0.237 e. The molecule has 3 aromatic rings. The molecule has 0 bridgehead atoms. The van der Waals surface area contributed by atoms with Crippen molar-refractivity contribution in [1.29, 1.82) is 0 Å². The number of hydrogen-bond donors (Lipinski definition) is 2. The molecule has 0 saturated carbocycles. The predicted molar refractivity (Wildman–Crippen MR) is 135 cm³/mol. The molecule has 7 nitrogen and oxygen atoms in total. The first-order valence-corrected chi connectivity index (χ1v) is 12.9. The van der Waals surface area contributed by atoms with Gasteiger partial charge in [-0.2, -0.15) is 0 Å². The van der Waals surface area contributed by atoms with E-state index >= 15 is 0 Å². The van der Waals surface area contributed by atoms with Crippen molar-refractivity contribution < 1.29 is 9.59 Å². The average Bonchev–Trinajstić information content (AvgIpc) is 3.37. The number of benzene rings is 1. The molecule has 2 N–H and O–H groups in total. The lowest BCUT2D eigenvalue weighted by Gasteiger charge is -2.19. The number of fused-ring (bicyclic) bond motifs is 1. The van der Waals surface area contributed by atoms with Crippen LogP contribution in [-0.2, 0) is 29.5 Å². The summed E-state index contributed by atoms with van der Waals surface area (Å²) < 4.78 is 1.98. The van der Waals surface area contributed by atoms with Crippen molar-refractivity contribution in [1.82, 2.24) is 14.8 Å². The van der Waals surface area contributed by atoms with Gasteiger partial charge in [-0.05, 0) is 68.0 Å². The summed E-state index contributed by atoms with van der Waals surface area (Å²) in [5.74, 6) is 1.39. The van der Waals surface area contributed by atoms with Crippen LogP contribution >= 0.6 is 23.1 Å². The van der Waals surface area contributed by atoms with Crippen molar-refractivity contribution in [2.75, 3.05) is 10.6 Å². The zero-order valence-corrected chi connectivity index (χ0v) is 21.0. The number of hydrogen-bond acceptors (Lipinski definition) is 6. The van der Waals surface area contributed by atoms with Crippen molar-refractivity contribution >= 4 is 46.3 Å². The van der Waals surface area contributed by atoms with Gasteiger partial charge in [-0.1, -0.05) is 25.1 Å². The minimum Gasteiger partial charge on any atom is -0.326 e. The predicted octanol–water partition coefficient (Wildman–Crippen LogP) is 5.14. The van der Waals surface area contributed by atoms with E-state index < -0.39 is 0 Å². The Hall–Kier alpha value is -2.65. The van der Waals surface area contributed by atoms with Crippen LogP contribution in [0, 0.1) is 5.92 Å². The molecule has 0 aliphatic heterocycles. The van der Waals surface area contributed by atoms with E-state index in [0.29, 0.717) is 16.5 Å². The van der Waals surface area contributed by atoms with Gasteiger partial charge in [0.25, 0.3) is 0 Å². The first kappa shape index (κ1) is 23.5. The molecule has 1 aliphatic carbocycles. The number of aryl methyl sites for hydroxylation is 1. The molecule has 1 aromatic carbocycles. The Morgan fingerprint density at radius 2 is 1.91 bits per heavy atom. The van der Waals surface area contributed by atoms with E-state index in [1.807, 2.05) is 29.9 Å². The van der Waals surface area contributed by atoms with Gasteiger partial charge in [0.2, 0.25) is 11.8 Å². The second-order valence-corrected chi connectivity index (χ2v) is 10.9. The topological polar surface area (TPSA) is 88.9 Å². The lowest BCUT2D eigenvalue weighted by Crippen LogP contribution is -2.22. The van der Waals surface area contributed by atoms with Gasteiger partial charge in [0.15, 0.2) is 11.0 Å². The highest BCUT2D eigenvalue weighted by Crippen LogP contribution is 2.38. The van der Waals surface area contributed by atoms with Gasteiger partial charge >= 0.3 is 0 Å². The molecule has 0 unspecified atom stereocenters.